The Kier molecular flexibility index (Phi) is 5.71. The first-order valence-electron chi connectivity index (χ1n) is 17.8. The predicted molar refractivity (Wildman–Crippen MR) is 217 cm³/mol. The Balaban J connectivity index is 1.19. The van der Waals surface area contributed by atoms with E-state index in [0.29, 0.717) is 5.71 Å². The van der Waals surface area contributed by atoms with Crippen LogP contribution in [-0.4, -0.2) is 14.5 Å². The van der Waals surface area contributed by atoms with Crippen molar-refractivity contribution in [1.82, 2.24) is 14.5 Å². The lowest BCUT2D eigenvalue weighted by molar-refractivity contribution is 0.653. The lowest BCUT2D eigenvalue weighted by atomic mass is 9.98. The molecule has 4 heterocycles. The molecule has 0 fully saturated rings. The monoisotopic (exact) mass is 677 g/mol. The minimum Gasteiger partial charge on any atom is -0.454 e. The van der Waals surface area contributed by atoms with E-state index >= 15 is 0 Å². The molecule has 0 aliphatic carbocycles. The summed E-state index contributed by atoms with van der Waals surface area (Å²) in [5, 5.41) is 10.3. The molecular weight excluding hydrogens is 651 g/mol. The van der Waals surface area contributed by atoms with Crippen molar-refractivity contribution < 1.29 is 8.83 Å². The molecule has 8 aromatic carbocycles. The van der Waals surface area contributed by atoms with Gasteiger partial charge in [-0.25, -0.2) is 9.97 Å². The van der Waals surface area contributed by atoms with Gasteiger partial charge in [-0.3, -0.25) is 0 Å². The quantitative estimate of drug-likeness (QED) is 0.187. The van der Waals surface area contributed by atoms with Crippen molar-refractivity contribution in [2.45, 2.75) is 0 Å². The highest BCUT2D eigenvalue weighted by Crippen LogP contribution is 2.46. The van der Waals surface area contributed by atoms with Crippen molar-refractivity contribution >= 4 is 87.5 Å². The van der Waals surface area contributed by atoms with Crippen molar-refractivity contribution in [2.75, 3.05) is 0 Å². The third-order valence-electron chi connectivity index (χ3n) is 10.7. The molecule has 5 nitrogen and oxygen atoms in total. The minimum absolute atomic E-state index is 0.519. The average molecular weight is 678 g/mol. The van der Waals surface area contributed by atoms with Crippen LogP contribution < -0.4 is 0 Å². The zero-order valence-electron chi connectivity index (χ0n) is 28.2. The SMILES string of the molecule is c1ccc(-c2nc3c(nc2-c2cccc(-n4c5ccccc5c5c6ccccc6c6c7cc8ccccc8cc7oc6c54)c2)oc2ccccc23)cc1. The van der Waals surface area contributed by atoms with Crippen LogP contribution in [0.3, 0.4) is 0 Å². The van der Waals surface area contributed by atoms with E-state index in [0.717, 1.165) is 83.0 Å². The maximum absolute atomic E-state index is 6.99. The van der Waals surface area contributed by atoms with Gasteiger partial charge in [-0.15, -0.1) is 0 Å². The number of nitrogens with zero attached hydrogens (tertiary/aromatic N) is 3. The van der Waals surface area contributed by atoms with E-state index in [1.54, 1.807) is 0 Å². The van der Waals surface area contributed by atoms with Gasteiger partial charge in [0.15, 0.2) is 5.58 Å². The van der Waals surface area contributed by atoms with Gasteiger partial charge >= 0.3 is 0 Å². The Morgan fingerprint density at radius 1 is 0.434 bits per heavy atom. The predicted octanol–water partition coefficient (Wildman–Crippen LogP) is 13.0. The Morgan fingerprint density at radius 2 is 1.09 bits per heavy atom. The lowest BCUT2D eigenvalue weighted by Gasteiger charge is -2.13. The second kappa shape index (κ2) is 10.6. The van der Waals surface area contributed by atoms with E-state index in [2.05, 4.69) is 126 Å². The summed E-state index contributed by atoms with van der Waals surface area (Å²) < 4.78 is 15.6. The zero-order chi connectivity index (χ0) is 34.6. The fraction of sp³-hybridized carbons (Fsp3) is 0. The van der Waals surface area contributed by atoms with Gasteiger partial charge in [-0.2, -0.15) is 0 Å². The summed E-state index contributed by atoms with van der Waals surface area (Å²) in [6.45, 7) is 0. The molecule has 246 valence electrons. The van der Waals surface area contributed by atoms with Crippen LogP contribution in [-0.2, 0) is 0 Å². The van der Waals surface area contributed by atoms with Gasteiger partial charge < -0.3 is 13.4 Å². The molecule has 0 atom stereocenters. The van der Waals surface area contributed by atoms with E-state index in [1.807, 2.05) is 42.5 Å². The zero-order valence-corrected chi connectivity index (χ0v) is 28.2. The van der Waals surface area contributed by atoms with Gasteiger partial charge in [0.25, 0.3) is 0 Å². The van der Waals surface area contributed by atoms with Crippen molar-refractivity contribution in [2.24, 2.45) is 0 Å². The highest BCUT2D eigenvalue weighted by Gasteiger charge is 2.24. The number of para-hydroxylation sites is 2. The second-order valence-corrected chi connectivity index (χ2v) is 13.7. The Labute approximate surface area is 302 Å². The molecule has 0 radical (unpaired) electrons. The summed E-state index contributed by atoms with van der Waals surface area (Å²) in [5.74, 6) is 0. The number of aromatic nitrogens is 3. The van der Waals surface area contributed by atoms with Crippen LogP contribution in [0.2, 0.25) is 0 Å². The van der Waals surface area contributed by atoms with E-state index in [4.69, 9.17) is 18.8 Å². The number of benzene rings is 8. The first kappa shape index (κ1) is 28.5. The first-order valence-corrected chi connectivity index (χ1v) is 17.8. The summed E-state index contributed by atoms with van der Waals surface area (Å²) in [5.41, 5.74) is 10.4. The standard InChI is InChI=1S/C48H27N3O2/c1-2-13-28(14-3-1)43-44(50-48-45(49-43)36-22-9-11-24-39(36)53-48)31-17-12-18-32(25-31)51-38-23-10-8-21-35(38)41-33-19-6-7-20-34(33)42-37-26-29-15-4-5-16-30(29)27-40(37)52-47(42)46(41)51/h1-27H. The number of fused-ring (bicyclic) bond motifs is 14. The van der Waals surface area contributed by atoms with Gasteiger partial charge in [-0.05, 0) is 64.0 Å². The highest BCUT2D eigenvalue weighted by molar-refractivity contribution is 6.35. The molecule has 4 aromatic heterocycles. The maximum Gasteiger partial charge on any atom is 0.246 e. The number of hydrogen-bond acceptors (Lipinski definition) is 4. The molecule has 0 spiro atoms. The Bertz CT molecular complexity index is 3460. The number of furan rings is 2. The lowest BCUT2D eigenvalue weighted by Crippen LogP contribution is -1.97. The third-order valence-corrected chi connectivity index (χ3v) is 10.7. The van der Waals surface area contributed by atoms with Gasteiger partial charge in [0.2, 0.25) is 5.71 Å². The summed E-state index contributed by atoms with van der Waals surface area (Å²) in [6, 6.07) is 57.2. The average Bonchev–Trinajstić information content (AvgIpc) is 3.89. The largest absolute Gasteiger partial charge is 0.454 e. The molecule has 0 saturated carbocycles. The highest BCUT2D eigenvalue weighted by atomic mass is 16.3. The molecule has 0 bridgehead atoms. The third kappa shape index (κ3) is 4.02. The molecule has 12 aromatic rings. The molecule has 0 aliphatic rings. The second-order valence-electron chi connectivity index (χ2n) is 13.7. The van der Waals surface area contributed by atoms with Crippen LogP contribution >= 0.6 is 0 Å². The minimum atomic E-state index is 0.519. The fourth-order valence-electron chi connectivity index (χ4n) is 8.44. The number of rotatable bonds is 3. The van der Waals surface area contributed by atoms with Crippen molar-refractivity contribution in [3.05, 3.63) is 164 Å². The molecule has 0 saturated heterocycles. The summed E-state index contributed by atoms with van der Waals surface area (Å²) in [6.07, 6.45) is 0. The van der Waals surface area contributed by atoms with Gasteiger partial charge in [0.1, 0.15) is 22.4 Å². The first-order chi connectivity index (χ1) is 26.3. The van der Waals surface area contributed by atoms with Crippen LogP contribution in [0.4, 0.5) is 0 Å². The van der Waals surface area contributed by atoms with E-state index < -0.39 is 0 Å². The number of hydrogen-bond donors (Lipinski definition) is 0. The van der Waals surface area contributed by atoms with Crippen LogP contribution in [0.5, 0.6) is 0 Å². The van der Waals surface area contributed by atoms with Crippen molar-refractivity contribution in [1.29, 1.82) is 0 Å². The van der Waals surface area contributed by atoms with E-state index in [9.17, 15) is 0 Å². The molecule has 0 N–H and O–H groups in total. The van der Waals surface area contributed by atoms with E-state index in [1.165, 1.54) is 26.9 Å². The summed E-state index contributed by atoms with van der Waals surface area (Å²) >= 11 is 0. The van der Waals surface area contributed by atoms with Crippen LogP contribution in [0.15, 0.2) is 173 Å². The van der Waals surface area contributed by atoms with Gasteiger partial charge in [0.05, 0.1) is 16.7 Å². The molecule has 5 heteroatoms. The molecule has 53 heavy (non-hydrogen) atoms. The summed E-state index contributed by atoms with van der Waals surface area (Å²) in [4.78, 5) is 10.4. The topological polar surface area (TPSA) is 57.0 Å². The molecular formula is C48H27N3O2. The fourth-order valence-corrected chi connectivity index (χ4v) is 8.44. The normalized spacial score (nSPS) is 12.2. The molecule has 0 amide bonds. The molecule has 12 rings (SSSR count). The molecule has 0 aliphatic heterocycles. The Hall–Kier alpha value is -7.24. The van der Waals surface area contributed by atoms with Crippen molar-refractivity contribution in [3.63, 3.8) is 0 Å². The Morgan fingerprint density at radius 3 is 1.94 bits per heavy atom. The van der Waals surface area contributed by atoms with Crippen molar-refractivity contribution in [3.8, 4) is 28.2 Å². The van der Waals surface area contributed by atoms with Crippen LogP contribution in [0.1, 0.15) is 0 Å². The van der Waals surface area contributed by atoms with Crippen LogP contribution in [0.25, 0.3) is 116 Å². The van der Waals surface area contributed by atoms with E-state index in [-0.39, 0.29) is 0 Å². The van der Waals surface area contributed by atoms with Gasteiger partial charge in [0, 0.05) is 43.7 Å². The van der Waals surface area contributed by atoms with Gasteiger partial charge in [-0.1, -0.05) is 121 Å². The maximum atomic E-state index is 6.99. The smallest absolute Gasteiger partial charge is 0.246 e. The molecule has 0 unspecified atom stereocenters. The van der Waals surface area contributed by atoms with Crippen LogP contribution in [0, 0.1) is 0 Å². The summed E-state index contributed by atoms with van der Waals surface area (Å²) in [7, 11) is 0.